The minimum atomic E-state index is -0.329. The Morgan fingerprint density at radius 3 is 1.93 bits per heavy atom. The van der Waals surface area contributed by atoms with Crippen LogP contribution in [0, 0.1) is 5.95 Å². The quantitative estimate of drug-likeness (QED) is 0.203. The van der Waals surface area contributed by atoms with E-state index in [4.69, 9.17) is 4.74 Å². The standard InChI is InChI=1S/C27H40FNO/c1-3-5-7-9-11-13-15-24-18-21-26(29-27(24)28)23-16-19-25(20-17-23)30-22-14-12-10-8-6-4-2/h16-21H,3-15,22H2,1-2H3. The van der Waals surface area contributed by atoms with Crippen LogP contribution in [-0.4, -0.2) is 11.6 Å². The first kappa shape index (κ1) is 24.4. The number of nitrogens with zero attached hydrogens (tertiary/aromatic N) is 1. The lowest BCUT2D eigenvalue weighted by molar-refractivity contribution is 0.304. The van der Waals surface area contributed by atoms with Crippen molar-refractivity contribution in [1.82, 2.24) is 4.98 Å². The van der Waals surface area contributed by atoms with Gasteiger partial charge in [0, 0.05) is 11.1 Å². The van der Waals surface area contributed by atoms with Crippen LogP contribution in [0.25, 0.3) is 11.3 Å². The van der Waals surface area contributed by atoms with Gasteiger partial charge in [0.15, 0.2) is 0 Å². The predicted octanol–water partition coefficient (Wildman–Crippen LogP) is 8.53. The Labute approximate surface area is 183 Å². The molecule has 2 aromatic rings. The number of hydrogen-bond acceptors (Lipinski definition) is 2. The van der Waals surface area contributed by atoms with Gasteiger partial charge >= 0.3 is 0 Å². The van der Waals surface area contributed by atoms with E-state index in [2.05, 4.69) is 18.8 Å². The molecular formula is C27H40FNO. The molecule has 1 aromatic heterocycles. The first-order chi connectivity index (χ1) is 14.7. The van der Waals surface area contributed by atoms with Crippen LogP contribution in [0.1, 0.15) is 96.5 Å². The van der Waals surface area contributed by atoms with E-state index in [0.717, 1.165) is 42.7 Å². The van der Waals surface area contributed by atoms with Crippen LogP contribution in [0.15, 0.2) is 36.4 Å². The lowest BCUT2D eigenvalue weighted by Gasteiger charge is -2.08. The molecule has 0 saturated heterocycles. The molecule has 1 aromatic carbocycles. The van der Waals surface area contributed by atoms with Crippen molar-refractivity contribution < 1.29 is 9.13 Å². The molecule has 0 aliphatic rings. The fourth-order valence-electron chi connectivity index (χ4n) is 3.70. The summed E-state index contributed by atoms with van der Waals surface area (Å²) in [5, 5.41) is 0. The fourth-order valence-corrected chi connectivity index (χ4v) is 3.70. The number of halogens is 1. The maximum atomic E-state index is 14.4. The Hall–Kier alpha value is -1.90. The lowest BCUT2D eigenvalue weighted by Crippen LogP contribution is -1.98. The number of benzene rings is 1. The van der Waals surface area contributed by atoms with Crippen molar-refractivity contribution in [3.8, 4) is 17.0 Å². The summed E-state index contributed by atoms with van der Waals surface area (Å²) in [7, 11) is 0. The molecule has 0 spiro atoms. The van der Waals surface area contributed by atoms with E-state index in [1.165, 1.54) is 64.2 Å². The fraction of sp³-hybridized carbons (Fsp3) is 0.593. The van der Waals surface area contributed by atoms with Crippen LogP contribution in [0.4, 0.5) is 4.39 Å². The zero-order chi connectivity index (χ0) is 21.4. The second kappa shape index (κ2) is 15.0. The molecule has 3 heteroatoms. The van der Waals surface area contributed by atoms with Gasteiger partial charge in [-0.15, -0.1) is 0 Å². The molecule has 0 atom stereocenters. The maximum Gasteiger partial charge on any atom is 0.216 e. The van der Waals surface area contributed by atoms with Crippen molar-refractivity contribution in [3.63, 3.8) is 0 Å². The maximum absolute atomic E-state index is 14.4. The van der Waals surface area contributed by atoms with Gasteiger partial charge in [0.05, 0.1) is 12.3 Å². The van der Waals surface area contributed by atoms with Gasteiger partial charge in [0.2, 0.25) is 5.95 Å². The summed E-state index contributed by atoms with van der Waals surface area (Å²) < 4.78 is 20.3. The SMILES string of the molecule is CCCCCCCCOc1ccc(-c2ccc(CCCCCCCC)c(F)n2)cc1. The van der Waals surface area contributed by atoms with E-state index in [1.54, 1.807) is 0 Å². The number of ether oxygens (including phenoxy) is 1. The van der Waals surface area contributed by atoms with Gasteiger partial charge in [0.25, 0.3) is 0 Å². The molecule has 0 saturated carbocycles. The van der Waals surface area contributed by atoms with Crippen molar-refractivity contribution in [2.24, 2.45) is 0 Å². The van der Waals surface area contributed by atoms with Gasteiger partial charge in [-0.05, 0) is 49.6 Å². The molecule has 0 unspecified atom stereocenters. The van der Waals surface area contributed by atoms with E-state index in [9.17, 15) is 4.39 Å². The van der Waals surface area contributed by atoms with Crippen LogP contribution in [0.5, 0.6) is 5.75 Å². The first-order valence-electron chi connectivity index (χ1n) is 12.1. The smallest absolute Gasteiger partial charge is 0.216 e. The number of hydrogen-bond donors (Lipinski definition) is 0. The Kier molecular flexibility index (Phi) is 12.2. The van der Waals surface area contributed by atoms with Crippen LogP contribution in [0.3, 0.4) is 0 Å². The molecule has 2 rings (SSSR count). The average Bonchev–Trinajstić information content (AvgIpc) is 2.77. The number of rotatable bonds is 16. The Morgan fingerprint density at radius 1 is 0.700 bits per heavy atom. The van der Waals surface area contributed by atoms with Crippen molar-refractivity contribution in [3.05, 3.63) is 47.9 Å². The van der Waals surface area contributed by atoms with Crippen molar-refractivity contribution in [1.29, 1.82) is 0 Å². The average molecular weight is 414 g/mol. The molecular weight excluding hydrogens is 373 g/mol. The van der Waals surface area contributed by atoms with Crippen molar-refractivity contribution in [2.45, 2.75) is 97.3 Å². The molecule has 0 bridgehead atoms. The molecule has 0 radical (unpaired) electrons. The molecule has 0 aliphatic heterocycles. The topological polar surface area (TPSA) is 22.1 Å². The second-order valence-corrected chi connectivity index (χ2v) is 8.30. The van der Waals surface area contributed by atoms with E-state index in [0.29, 0.717) is 5.69 Å². The van der Waals surface area contributed by atoms with Crippen molar-refractivity contribution in [2.75, 3.05) is 6.61 Å². The number of pyridine rings is 1. The first-order valence-corrected chi connectivity index (χ1v) is 12.1. The molecule has 1 heterocycles. The van der Waals surface area contributed by atoms with Gasteiger partial charge in [-0.2, -0.15) is 4.39 Å². The highest BCUT2D eigenvalue weighted by molar-refractivity contribution is 5.60. The third-order valence-corrected chi connectivity index (χ3v) is 5.64. The Bertz CT molecular complexity index is 699. The van der Waals surface area contributed by atoms with E-state index >= 15 is 0 Å². The van der Waals surface area contributed by atoms with Crippen LogP contribution >= 0.6 is 0 Å². The summed E-state index contributed by atoms with van der Waals surface area (Å²) in [6.45, 7) is 5.21. The lowest BCUT2D eigenvalue weighted by atomic mass is 10.0. The highest BCUT2D eigenvalue weighted by atomic mass is 19.1. The number of unbranched alkanes of at least 4 members (excludes halogenated alkanes) is 10. The minimum absolute atomic E-state index is 0.329. The summed E-state index contributed by atoms with van der Waals surface area (Å²) in [4.78, 5) is 4.20. The van der Waals surface area contributed by atoms with Gasteiger partial charge in [-0.3, -0.25) is 0 Å². The van der Waals surface area contributed by atoms with Gasteiger partial charge in [-0.25, -0.2) is 4.98 Å². The van der Waals surface area contributed by atoms with Gasteiger partial charge in [-0.1, -0.05) is 84.1 Å². The van der Waals surface area contributed by atoms with Crippen LogP contribution in [0.2, 0.25) is 0 Å². The molecule has 0 fully saturated rings. The highest BCUT2D eigenvalue weighted by Crippen LogP contribution is 2.23. The normalized spacial score (nSPS) is 11.0. The number of aromatic nitrogens is 1. The van der Waals surface area contributed by atoms with Crippen LogP contribution < -0.4 is 4.74 Å². The summed E-state index contributed by atoms with van der Waals surface area (Å²) in [5.41, 5.74) is 2.33. The predicted molar refractivity (Wildman–Crippen MR) is 126 cm³/mol. The van der Waals surface area contributed by atoms with E-state index < -0.39 is 0 Å². The zero-order valence-corrected chi connectivity index (χ0v) is 19.1. The number of aryl methyl sites for hydroxylation is 1. The molecule has 30 heavy (non-hydrogen) atoms. The molecule has 0 N–H and O–H groups in total. The van der Waals surface area contributed by atoms with E-state index in [1.807, 2.05) is 36.4 Å². The molecule has 0 amide bonds. The minimum Gasteiger partial charge on any atom is -0.494 e. The van der Waals surface area contributed by atoms with Gasteiger partial charge < -0.3 is 4.74 Å². The largest absolute Gasteiger partial charge is 0.494 e. The molecule has 2 nitrogen and oxygen atoms in total. The highest BCUT2D eigenvalue weighted by Gasteiger charge is 2.07. The second-order valence-electron chi connectivity index (χ2n) is 8.30. The molecule has 166 valence electrons. The summed E-state index contributed by atoms with van der Waals surface area (Å²) >= 11 is 0. The summed E-state index contributed by atoms with van der Waals surface area (Å²) in [5.74, 6) is 0.539. The third kappa shape index (κ3) is 9.28. The Morgan fingerprint density at radius 2 is 1.30 bits per heavy atom. The van der Waals surface area contributed by atoms with Crippen LogP contribution in [-0.2, 0) is 6.42 Å². The van der Waals surface area contributed by atoms with E-state index in [-0.39, 0.29) is 5.95 Å². The summed E-state index contributed by atoms with van der Waals surface area (Å²) in [6, 6.07) is 11.7. The molecule has 0 aliphatic carbocycles. The van der Waals surface area contributed by atoms with Crippen molar-refractivity contribution >= 4 is 0 Å². The Balaban J connectivity index is 1.75. The monoisotopic (exact) mass is 413 g/mol. The zero-order valence-electron chi connectivity index (χ0n) is 19.1. The summed E-state index contributed by atoms with van der Waals surface area (Å²) in [6.07, 6.45) is 15.6. The van der Waals surface area contributed by atoms with Gasteiger partial charge in [0.1, 0.15) is 5.75 Å². The third-order valence-electron chi connectivity index (χ3n) is 5.64.